The van der Waals surface area contributed by atoms with Crippen LogP contribution in [0, 0.1) is 0 Å². The lowest BCUT2D eigenvalue weighted by Crippen LogP contribution is -2.41. The van der Waals surface area contributed by atoms with Gasteiger partial charge in [-0.05, 0) is 78.6 Å². The summed E-state index contributed by atoms with van der Waals surface area (Å²) in [6.07, 6.45) is 1.18. The zero-order chi connectivity index (χ0) is 25.0. The number of anilines is 1. The molecule has 0 atom stereocenters. The fourth-order valence-corrected chi connectivity index (χ4v) is 2.99. The van der Waals surface area contributed by atoms with Crippen molar-refractivity contribution in [1.82, 2.24) is 5.32 Å². The Hall–Kier alpha value is -2.65. The molecular formula is C24H35BN2O6. The van der Waals surface area contributed by atoms with Crippen LogP contribution in [0.2, 0.25) is 0 Å². The highest BCUT2D eigenvalue weighted by atomic mass is 16.7. The SMILES string of the molecule is CC(=O)CC(=O)Nc1ccc(C=C(CNC(=O)OC(C)(C)C)B2OC(C)(C)C(C)(C)O2)cc1. The number of nitrogens with one attached hydrogen (secondary N) is 2. The van der Waals surface area contributed by atoms with Crippen molar-refractivity contribution in [3.05, 3.63) is 35.3 Å². The predicted octanol–water partition coefficient (Wildman–Crippen LogP) is 4.14. The maximum Gasteiger partial charge on any atom is 0.492 e. The van der Waals surface area contributed by atoms with Gasteiger partial charge in [0.1, 0.15) is 11.4 Å². The van der Waals surface area contributed by atoms with Crippen molar-refractivity contribution in [3.8, 4) is 0 Å². The first-order chi connectivity index (χ1) is 15.1. The molecule has 0 radical (unpaired) electrons. The Bertz CT molecular complexity index is 900. The summed E-state index contributed by atoms with van der Waals surface area (Å²) in [4.78, 5) is 35.1. The Kier molecular flexibility index (Phi) is 8.14. The minimum atomic E-state index is -0.653. The monoisotopic (exact) mass is 458 g/mol. The van der Waals surface area contributed by atoms with Crippen LogP contribution in [-0.2, 0) is 23.6 Å². The van der Waals surface area contributed by atoms with Gasteiger partial charge in [-0.3, -0.25) is 9.59 Å². The molecule has 1 saturated heterocycles. The Morgan fingerprint density at radius 1 is 1.03 bits per heavy atom. The summed E-state index contributed by atoms with van der Waals surface area (Å²) >= 11 is 0. The van der Waals surface area contributed by atoms with Gasteiger partial charge in [-0.1, -0.05) is 18.2 Å². The quantitative estimate of drug-likeness (QED) is 0.470. The third-order valence-corrected chi connectivity index (χ3v) is 5.35. The molecule has 2 amide bonds. The lowest BCUT2D eigenvalue weighted by molar-refractivity contribution is -0.124. The molecule has 8 nitrogen and oxygen atoms in total. The van der Waals surface area contributed by atoms with Crippen LogP contribution in [0.15, 0.2) is 29.7 Å². The summed E-state index contributed by atoms with van der Waals surface area (Å²) in [6, 6.07) is 7.13. The number of Topliss-reactive ketones (excluding diaryl/α,β-unsaturated/α-hetero) is 1. The lowest BCUT2D eigenvalue weighted by Gasteiger charge is -2.32. The molecule has 0 saturated carbocycles. The van der Waals surface area contributed by atoms with E-state index in [2.05, 4.69) is 10.6 Å². The predicted molar refractivity (Wildman–Crippen MR) is 129 cm³/mol. The number of hydrogen-bond donors (Lipinski definition) is 2. The molecule has 2 rings (SSSR count). The Balaban J connectivity index is 2.21. The van der Waals surface area contributed by atoms with Crippen molar-refractivity contribution in [3.63, 3.8) is 0 Å². The number of carbonyl (C=O) groups is 3. The number of ether oxygens (including phenoxy) is 1. The number of hydrogen-bond acceptors (Lipinski definition) is 6. The van der Waals surface area contributed by atoms with Crippen LogP contribution in [-0.4, -0.2) is 48.2 Å². The van der Waals surface area contributed by atoms with E-state index in [9.17, 15) is 14.4 Å². The van der Waals surface area contributed by atoms with Crippen molar-refractivity contribution >= 4 is 36.7 Å². The zero-order valence-electron chi connectivity index (χ0n) is 20.8. The highest BCUT2D eigenvalue weighted by molar-refractivity contribution is 6.56. The van der Waals surface area contributed by atoms with E-state index in [1.807, 2.05) is 45.9 Å². The molecule has 0 aliphatic carbocycles. The lowest BCUT2D eigenvalue weighted by atomic mass is 9.77. The minimum absolute atomic E-state index is 0.163. The summed E-state index contributed by atoms with van der Waals surface area (Å²) in [5, 5.41) is 5.46. The molecule has 1 fully saturated rings. The smallest absolute Gasteiger partial charge is 0.444 e. The number of alkyl carbamates (subject to hydrolysis) is 1. The molecule has 0 bridgehead atoms. The molecule has 0 aromatic heterocycles. The molecule has 1 aromatic rings. The number of rotatable bonds is 7. The zero-order valence-corrected chi connectivity index (χ0v) is 20.8. The van der Waals surface area contributed by atoms with E-state index in [-0.39, 0.29) is 24.7 Å². The van der Waals surface area contributed by atoms with Gasteiger partial charge in [-0.2, -0.15) is 0 Å². The van der Waals surface area contributed by atoms with Gasteiger partial charge in [0.25, 0.3) is 0 Å². The number of ketones is 1. The highest BCUT2D eigenvalue weighted by Crippen LogP contribution is 2.38. The molecule has 1 aliphatic rings. The molecule has 33 heavy (non-hydrogen) atoms. The largest absolute Gasteiger partial charge is 0.492 e. The second-order valence-corrected chi connectivity index (χ2v) is 10.2. The number of benzene rings is 1. The molecule has 0 spiro atoms. The first-order valence-electron chi connectivity index (χ1n) is 11.0. The summed E-state index contributed by atoms with van der Waals surface area (Å²) in [6.45, 7) is 14.8. The number of carbonyl (C=O) groups excluding carboxylic acids is 3. The highest BCUT2D eigenvalue weighted by Gasteiger charge is 2.52. The van der Waals surface area contributed by atoms with E-state index in [4.69, 9.17) is 14.0 Å². The van der Waals surface area contributed by atoms with E-state index < -0.39 is 30.0 Å². The van der Waals surface area contributed by atoms with E-state index in [1.165, 1.54) is 6.92 Å². The standard InChI is InChI=1S/C24H35BN2O6/c1-16(28)13-20(29)27-19-11-9-17(10-12-19)14-18(15-26-21(30)31-22(2,3)4)25-32-23(5,6)24(7,8)33-25/h9-12,14H,13,15H2,1-8H3,(H,26,30)(H,27,29). The maximum absolute atomic E-state index is 12.2. The Morgan fingerprint density at radius 3 is 2.06 bits per heavy atom. The number of amides is 2. The molecule has 1 aromatic carbocycles. The molecule has 9 heteroatoms. The first-order valence-corrected chi connectivity index (χ1v) is 11.0. The second kappa shape index (κ2) is 10.1. The Morgan fingerprint density at radius 2 is 1.58 bits per heavy atom. The van der Waals surface area contributed by atoms with Crippen molar-refractivity contribution in [2.24, 2.45) is 0 Å². The van der Waals surface area contributed by atoms with Gasteiger partial charge >= 0.3 is 13.2 Å². The molecule has 1 aliphatic heterocycles. The second-order valence-electron chi connectivity index (χ2n) is 10.2. The summed E-state index contributed by atoms with van der Waals surface area (Å²) < 4.78 is 17.7. The minimum Gasteiger partial charge on any atom is -0.444 e. The summed E-state index contributed by atoms with van der Waals surface area (Å²) in [7, 11) is -0.653. The van der Waals surface area contributed by atoms with Crippen LogP contribution in [0.4, 0.5) is 10.5 Å². The van der Waals surface area contributed by atoms with Gasteiger partial charge in [0.15, 0.2) is 0 Å². The fourth-order valence-electron chi connectivity index (χ4n) is 2.99. The van der Waals surface area contributed by atoms with Crippen LogP contribution in [0.1, 0.15) is 67.4 Å². The maximum atomic E-state index is 12.2. The molecular weight excluding hydrogens is 423 g/mol. The van der Waals surface area contributed by atoms with E-state index in [0.717, 1.165) is 5.56 Å². The van der Waals surface area contributed by atoms with E-state index >= 15 is 0 Å². The molecule has 1 heterocycles. The van der Waals surface area contributed by atoms with Crippen molar-refractivity contribution < 1.29 is 28.4 Å². The van der Waals surface area contributed by atoms with Crippen molar-refractivity contribution in [2.45, 2.75) is 78.6 Å². The average Bonchev–Trinajstić information content (AvgIpc) is 2.85. The van der Waals surface area contributed by atoms with Gasteiger partial charge < -0.3 is 24.7 Å². The average molecular weight is 458 g/mol. The normalized spacial score (nSPS) is 17.5. The van der Waals surface area contributed by atoms with Crippen molar-refractivity contribution in [1.29, 1.82) is 0 Å². The molecule has 0 unspecified atom stereocenters. The van der Waals surface area contributed by atoms with E-state index in [1.54, 1.807) is 32.9 Å². The third kappa shape index (κ3) is 8.01. The van der Waals surface area contributed by atoms with Crippen LogP contribution in [0.25, 0.3) is 6.08 Å². The van der Waals surface area contributed by atoms with Gasteiger partial charge in [0.05, 0.1) is 17.6 Å². The van der Waals surface area contributed by atoms with E-state index in [0.29, 0.717) is 11.2 Å². The fraction of sp³-hybridized carbons (Fsp3) is 0.542. The van der Waals surface area contributed by atoms with Crippen LogP contribution >= 0.6 is 0 Å². The van der Waals surface area contributed by atoms with Gasteiger partial charge in [0, 0.05) is 12.2 Å². The Labute approximate surface area is 196 Å². The topological polar surface area (TPSA) is 103 Å². The molecule has 180 valence electrons. The first kappa shape index (κ1) is 26.6. The van der Waals surface area contributed by atoms with Gasteiger partial charge in [0.2, 0.25) is 5.91 Å². The summed E-state index contributed by atoms with van der Waals surface area (Å²) in [5.74, 6) is -0.554. The van der Waals surface area contributed by atoms with Crippen LogP contribution < -0.4 is 10.6 Å². The summed E-state index contributed by atoms with van der Waals surface area (Å²) in [5.41, 5.74) is 0.452. The van der Waals surface area contributed by atoms with Crippen LogP contribution in [0.5, 0.6) is 0 Å². The van der Waals surface area contributed by atoms with Gasteiger partial charge in [-0.15, -0.1) is 0 Å². The third-order valence-electron chi connectivity index (χ3n) is 5.35. The van der Waals surface area contributed by atoms with Gasteiger partial charge in [-0.25, -0.2) is 4.79 Å². The molecule has 2 N–H and O–H groups in total. The van der Waals surface area contributed by atoms with Crippen LogP contribution in [0.3, 0.4) is 0 Å². The van der Waals surface area contributed by atoms with Crippen molar-refractivity contribution in [2.75, 3.05) is 11.9 Å².